The third kappa shape index (κ3) is 2.48. The zero-order chi connectivity index (χ0) is 14.2. The number of piperidine rings is 3. The van der Waals surface area contributed by atoms with Crippen LogP contribution in [0, 0.1) is 5.92 Å². The molecule has 108 valence electrons. The second-order valence-electron chi connectivity index (χ2n) is 5.25. The van der Waals surface area contributed by atoms with E-state index >= 15 is 0 Å². The smallest absolute Gasteiger partial charge is 0.258 e. The van der Waals surface area contributed by atoms with Crippen molar-refractivity contribution in [1.82, 2.24) is 14.6 Å². The summed E-state index contributed by atoms with van der Waals surface area (Å²) in [6, 6.07) is 4.41. The average Bonchev–Trinajstić information content (AvgIpc) is 2.48. The van der Waals surface area contributed by atoms with Crippen LogP contribution in [0.25, 0.3) is 0 Å². The van der Waals surface area contributed by atoms with E-state index in [-0.39, 0.29) is 29.3 Å². The van der Waals surface area contributed by atoms with Crippen molar-refractivity contribution in [3.05, 3.63) is 24.4 Å². The molecule has 4 rings (SSSR count). The van der Waals surface area contributed by atoms with E-state index in [1.165, 1.54) is 12.3 Å². The van der Waals surface area contributed by atoms with Crippen molar-refractivity contribution in [3.8, 4) is 0 Å². The third-order valence-electron chi connectivity index (χ3n) is 4.08. The number of hydrogen-bond acceptors (Lipinski definition) is 5. The van der Waals surface area contributed by atoms with Crippen LogP contribution in [0.3, 0.4) is 0 Å². The first-order valence-electron chi connectivity index (χ1n) is 6.76. The molecule has 3 aliphatic rings. The number of carbonyl (C=O) groups excluding carboxylic acids is 1. The van der Waals surface area contributed by atoms with E-state index in [9.17, 15) is 13.2 Å². The zero-order valence-electron chi connectivity index (χ0n) is 11.0. The van der Waals surface area contributed by atoms with Crippen LogP contribution in [-0.4, -0.2) is 49.8 Å². The summed E-state index contributed by atoms with van der Waals surface area (Å²) in [6.45, 7) is 1.90. The molecule has 7 heteroatoms. The van der Waals surface area contributed by atoms with Crippen molar-refractivity contribution in [3.63, 3.8) is 0 Å². The van der Waals surface area contributed by atoms with E-state index in [0.717, 1.165) is 25.9 Å². The molecule has 0 radical (unpaired) electrons. The second-order valence-corrected chi connectivity index (χ2v) is 6.96. The molecule has 0 amide bonds. The highest BCUT2D eigenvalue weighted by Crippen LogP contribution is 2.28. The van der Waals surface area contributed by atoms with Gasteiger partial charge in [-0.25, -0.2) is 18.1 Å². The van der Waals surface area contributed by atoms with E-state index in [0.29, 0.717) is 0 Å². The quantitative estimate of drug-likeness (QED) is 0.847. The number of hydrogen-bond donors (Lipinski definition) is 1. The van der Waals surface area contributed by atoms with Crippen LogP contribution in [0.4, 0.5) is 0 Å². The topological polar surface area (TPSA) is 79.4 Å². The average molecular weight is 295 g/mol. The SMILES string of the molecule is O=C1C2CCN(CC2)C1CNS(=O)(=O)c1ccccn1. The van der Waals surface area contributed by atoms with Crippen LogP contribution in [0.1, 0.15) is 12.8 Å². The maximum absolute atomic E-state index is 12.1. The van der Waals surface area contributed by atoms with Gasteiger partial charge in [0, 0.05) is 18.7 Å². The number of ketones is 1. The second kappa shape index (κ2) is 5.23. The fourth-order valence-corrected chi connectivity index (χ4v) is 3.93. The lowest BCUT2D eigenvalue weighted by Crippen LogP contribution is -2.59. The van der Waals surface area contributed by atoms with Crippen molar-refractivity contribution < 1.29 is 13.2 Å². The molecule has 6 nitrogen and oxygen atoms in total. The van der Waals surface area contributed by atoms with Crippen LogP contribution in [0.5, 0.6) is 0 Å². The molecule has 1 unspecified atom stereocenters. The van der Waals surface area contributed by atoms with Crippen molar-refractivity contribution in [2.75, 3.05) is 19.6 Å². The molecule has 3 saturated heterocycles. The fraction of sp³-hybridized carbons (Fsp3) is 0.538. The molecule has 1 aromatic heterocycles. The summed E-state index contributed by atoms with van der Waals surface area (Å²) in [4.78, 5) is 18.1. The number of fused-ring (bicyclic) bond motifs is 3. The summed E-state index contributed by atoms with van der Waals surface area (Å²) < 4.78 is 26.7. The first-order chi connectivity index (χ1) is 9.58. The summed E-state index contributed by atoms with van der Waals surface area (Å²) in [6.07, 6.45) is 3.25. The highest BCUT2D eigenvalue weighted by molar-refractivity contribution is 7.89. The maximum Gasteiger partial charge on any atom is 0.258 e. The molecule has 1 atom stereocenters. The third-order valence-corrected chi connectivity index (χ3v) is 5.42. The summed E-state index contributed by atoms with van der Waals surface area (Å²) in [7, 11) is -3.64. The van der Waals surface area contributed by atoms with Crippen LogP contribution >= 0.6 is 0 Å². The first kappa shape index (κ1) is 13.7. The Morgan fingerprint density at radius 3 is 2.65 bits per heavy atom. The lowest BCUT2D eigenvalue weighted by atomic mass is 9.82. The van der Waals surface area contributed by atoms with E-state index in [2.05, 4.69) is 14.6 Å². The zero-order valence-corrected chi connectivity index (χ0v) is 11.8. The summed E-state index contributed by atoms with van der Waals surface area (Å²) >= 11 is 0. The normalized spacial score (nSPS) is 29.6. The molecule has 4 heterocycles. The Kier molecular flexibility index (Phi) is 3.57. The predicted octanol–water partition coefficient (Wildman–Crippen LogP) is 0.0232. The number of Topliss-reactive ketones (excluding diaryl/α,β-unsaturated/α-hetero) is 1. The van der Waals surface area contributed by atoms with Crippen molar-refractivity contribution in [2.45, 2.75) is 23.9 Å². The van der Waals surface area contributed by atoms with Crippen LogP contribution < -0.4 is 4.72 Å². The minimum Gasteiger partial charge on any atom is -0.298 e. The van der Waals surface area contributed by atoms with Gasteiger partial charge in [-0.3, -0.25) is 9.69 Å². The van der Waals surface area contributed by atoms with Gasteiger partial charge in [-0.05, 0) is 38.1 Å². The maximum atomic E-state index is 12.1. The number of sulfonamides is 1. The van der Waals surface area contributed by atoms with Gasteiger partial charge >= 0.3 is 0 Å². The number of nitrogens with one attached hydrogen (secondary N) is 1. The monoisotopic (exact) mass is 295 g/mol. The van der Waals surface area contributed by atoms with Gasteiger partial charge in [-0.1, -0.05) is 6.07 Å². The Bertz CT molecular complexity index is 595. The van der Waals surface area contributed by atoms with Crippen molar-refractivity contribution in [2.24, 2.45) is 5.92 Å². The molecule has 0 spiro atoms. The lowest BCUT2D eigenvalue weighted by molar-refractivity contribution is -0.136. The van der Waals surface area contributed by atoms with Gasteiger partial charge in [0.2, 0.25) is 0 Å². The molecule has 0 saturated carbocycles. The first-order valence-corrected chi connectivity index (χ1v) is 8.25. The van der Waals surface area contributed by atoms with Gasteiger partial charge in [-0.15, -0.1) is 0 Å². The van der Waals surface area contributed by atoms with Crippen molar-refractivity contribution >= 4 is 15.8 Å². The standard InChI is InChI=1S/C13H17N3O3S/c17-13-10-4-7-16(8-5-10)11(13)9-15-20(18,19)12-3-1-2-6-14-12/h1-3,6,10-11,15H,4-5,7-9H2. The molecule has 0 aliphatic carbocycles. The molecular weight excluding hydrogens is 278 g/mol. The Morgan fingerprint density at radius 1 is 1.30 bits per heavy atom. The van der Waals surface area contributed by atoms with E-state index in [1.807, 2.05) is 0 Å². The van der Waals surface area contributed by atoms with Crippen LogP contribution in [-0.2, 0) is 14.8 Å². The van der Waals surface area contributed by atoms with E-state index in [1.54, 1.807) is 12.1 Å². The summed E-state index contributed by atoms with van der Waals surface area (Å²) in [5.74, 6) is 0.288. The lowest BCUT2D eigenvalue weighted by Gasteiger charge is -2.43. The number of pyridine rings is 1. The van der Waals surface area contributed by atoms with Crippen LogP contribution in [0.2, 0.25) is 0 Å². The number of carbonyl (C=O) groups is 1. The van der Waals surface area contributed by atoms with Crippen LogP contribution in [0.15, 0.2) is 29.4 Å². The molecular formula is C13H17N3O3S. The number of rotatable bonds is 4. The molecule has 1 N–H and O–H groups in total. The molecule has 0 aromatic carbocycles. The van der Waals surface area contributed by atoms with Gasteiger partial charge in [0.15, 0.2) is 10.8 Å². The summed E-state index contributed by atoms with van der Waals surface area (Å²) in [5, 5.41) is -0.0107. The molecule has 20 heavy (non-hydrogen) atoms. The summed E-state index contributed by atoms with van der Waals surface area (Å²) in [5.41, 5.74) is 0. The Morgan fingerprint density at radius 2 is 2.05 bits per heavy atom. The minimum atomic E-state index is -3.64. The van der Waals surface area contributed by atoms with Gasteiger partial charge < -0.3 is 0 Å². The highest BCUT2D eigenvalue weighted by atomic mass is 32.2. The van der Waals surface area contributed by atoms with Crippen molar-refractivity contribution in [1.29, 1.82) is 0 Å². The fourth-order valence-electron chi connectivity index (χ4n) is 2.95. The van der Waals surface area contributed by atoms with Gasteiger partial charge in [-0.2, -0.15) is 0 Å². The van der Waals surface area contributed by atoms with Gasteiger partial charge in [0.25, 0.3) is 10.0 Å². The van der Waals surface area contributed by atoms with E-state index < -0.39 is 10.0 Å². The number of aromatic nitrogens is 1. The molecule has 3 fully saturated rings. The largest absolute Gasteiger partial charge is 0.298 e. The Hall–Kier alpha value is -1.31. The molecule has 1 aromatic rings. The number of nitrogens with zero attached hydrogens (tertiary/aromatic N) is 2. The predicted molar refractivity (Wildman–Crippen MR) is 72.5 cm³/mol. The van der Waals surface area contributed by atoms with E-state index in [4.69, 9.17) is 0 Å². The minimum absolute atomic E-state index is 0.0107. The highest BCUT2D eigenvalue weighted by Gasteiger charge is 2.41. The Labute approximate surface area is 118 Å². The molecule has 3 aliphatic heterocycles. The van der Waals surface area contributed by atoms with Gasteiger partial charge in [0.1, 0.15) is 0 Å². The van der Waals surface area contributed by atoms with Gasteiger partial charge in [0.05, 0.1) is 6.04 Å². The molecule has 2 bridgehead atoms. The Balaban J connectivity index is 1.69.